The largest absolute Gasteiger partial charge is 0.293 e. The van der Waals surface area contributed by atoms with Gasteiger partial charge in [-0.05, 0) is 19.4 Å². The number of amides is 3. The van der Waals surface area contributed by atoms with Crippen LogP contribution in [0.3, 0.4) is 0 Å². The highest BCUT2D eigenvalue weighted by atomic mass is 32.1. The molecule has 4 rings (SSSR count). The number of anilines is 1. The van der Waals surface area contributed by atoms with Crippen molar-refractivity contribution in [1.29, 1.82) is 0 Å². The van der Waals surface area contributed by atoms with Crippen molar-refractivity contribution < 1.29 is 19.3 Å². The zero-order valence-electron chi connectivity index (χ0n) is 15.1. The first-order valence-corrected chi connectivity index (χ1v) is 9.48. The molecule has 148 valence electrons. The second-order valence-electron chi connectivity index (χ2n) is 6.41. The molecule has 0 saturated carbocycles. The van der Waals surface area contributed by atoms with Gasteiger partial charge < -0.3 is 0 Å². The Labute approximate surface area is 167 Å². The molecule has 0 fully saturated rings. The molecule has 1 aromatic carbocycles. The molecule has 3 aromatic rings. The number of fused-ring (bicyclic) bond motifs is 2. The fourth-order valence-electron chi connectivity index (χ4n) is 3.02. The van der Waals surface area contributed by atoms with Gasteiger partial charge in [0.2, 0.25) is 16.8 Å². The van der Waals surface area contributed by atoms with Crippen LogP contribution in [-0.4, -0.2) is 48.7 Å². The van der Waals surface area contributed by atoms with Crippen LogP contribution < -0.4 is 5.32 Å². The molecular weight excluding hydrogens is 400 g/mol. The number of imide groups is 1. The molecule has 1 aliphatic rings. The van der Waals surface area contributed by atoms with Crippen LogP contribution in [0.1, 0.15) is 39.3 Å². The number of benzene rings is 1. The van der Waals surface area contributed by atoms with E-state index in [9.17, 15) is 24.5 Å². The monoisotopic (exact) mass is 414 g/mol. The summed E-state index contributed by atoms with van der Waals surface area (Å²) in [6, 6.07) is 3.56. The Kier molecular flexibility index (Phi) is 4.54. The number of nitro benzene ring substituents is 1. The summed E-state index contributed by atoms with van der Waals surface area (Å²) in [6.07, 6.45) is 0.292. The first kappa shape index (κ1) is 18.7. The Morgan fingerprint density at radius 2 is 2.03 bits per heavy atom. The molecule has 0 aliphatic carbocycles. The summed E-state index contributed by atoms with van der Waals surface area (Å²) < 4.78 is 1.62. The Morgan fingerprint density at radius 1 is 1.28 bits per heavy atom. The molecule has 3 heterocycles. The number of nitro groups is 1. The maximum atomic E-state index is 12.4. The summed E-state index contributed by atoms with van der Waals surface area (Å²) in [4.78, 5) is 53.0. The fraction of sp³-hybridized carbons (Fsp3) is 0.235. The normalized spacial score (nSPS) is 13.2. The SMILES string of the molecule is Cc1csc2nc(NC(=O)CCCN3C(=O)c4ccc([N+](=O)[O-])cc4C3=O)nn12. The van der Waals surface area contributed by atoms with Crippen LogP contribution in [-0.2, 0) is 4.79 Å². The molecule has 0 unspecified atom stereocenters. The predicted molar refractivity (Wildman–Crippen MR) is 102 cm³/mol. The number of thiazole rings is 1. The van der Waals surface area contributed by atoms with Crippen LogP contribution in [0.25, 0.3) is 4.96 Å². The van der Waals surface area contributed by atoms with E-state index in [0.717, 1.165) is 16.7 Å². The lowest BCUT2D eigenvalue weighted by Crippen LogP contribution is -2.31. The highest BCUT2D eigenvalue weighted by Gasteiger charge is 2.36. The maximum absolute atomic E-state index is 12.4. The topological polar surface area (TPSA) is 140 Å². The molecule has 3 amide bonds. The summed E-state index contributed by atoms with van der Waals surface area (Å²) in [7, 11) is 0. The first-order chi connectivity index (χ1) is 13.8. The third-order valence-corrected chi connectivity index (χ3v) is 5.38. The van der Waals surface area contributed by atoms with Crippen molar-refractivity contribution in [3.63, 3.8) is 0 Å². The molecule has 1 N–H and O–H groups in total. The number of aromatic nitrogens is 3. The standard InChI is InChI=1S/C17H14N6O5S/c1-9-8-29-17-19-16(20-22(9)17)18-13(24)3-2-6-21-14(25)11-5-4-10(23(27)28)7-12(11)15(21)26/h4-5,7-8H,2-3,6H2,1H3,(H,18,20,24). The molecule has 12 heteroatoms. The smallest absolute Gasteiger partial charge is 0.270 e. The molecule has 29 heavy (non-hydrogen) atoms. The van der Waals surface area contributed by atoms with E-state index in [0.29, 0.717) is 4.96 Å². The van der Waals surface area contributed by atoms with E-state index in [-0.39, 0.29) is 48.1 Å². The number of aryl methyl sites for hydroxylation is 1. The van der Waals surface area contributed by atoms with Crippen LogP contribution in [0.4, 0.5) is 11.6 Å². The van der Waals surface area contributed by atoms with Gasteiger partial charge in [-0.25, -0.2) is 4.52 Å². The van der Waals surface area contributed by atoms with Crippen molar-refractivity contribution in [3.05, 3.63) is 50.5 Å². The van der Waals surface area contributed by atoms with Crippen molar-refractivity contribution in [2.45, 2.75) is 19.8 Å². The Morgan fingerprint density at radius 3 is 2.76 bits per heavy atom. The van der Waals surface area contributed by atoms with Crippen LogP contribution in [0.5, 0.6) is 0 Å². The van der Waals surface area contributed by atoms with Gasteiger partial charge in [0.05, 0.1) is 21.7 Å². The van der Waals surface area contributed by atoms with Gasteiger partial charge >= 0.3 is 0 Å². The van der Waals surface area contributed by atoms with E-state index in [1.165, 1.54) is 23.5 Å². The van der Waals surface area contributed by atoms with E-state index in [1.54, 1.807) is 4.52 Å². The number of hydrogen-bond donors (Lipinski definition) is 1. The predicted octanol–water partition coefficient (Wildman–Crippen LogP) is 2.02. The minimum absolute atomic E-state index is 0.00584. The second kappa shape index (κ2) is 7.05. The van der Waals surface area contributed by atoms with Gasteiger partial charge in [-0.15, -0.1) is 16.4 Å². The molecular formula is C17H14N6O5S. The lowest BCUT2D eigenvalue weighted by molar-refractivity contribution is -0.384. The van der Waals surface area contributed by atoms with Crippen molar-refractivity contribution in [1.82, 2.24) is 19.5 Å². The van der Waals surface area contributed by atoms with Crippen molar-refractivity contribution >= 4 is 45.7 Å². The number of hydrogen-bond acceptors (Lipinski definition) is 8. The van der Waals surface area contributed by atoms with Crippen LogP contribution in [0, 0.1) is 17.0 Å². The van der Waals surface area contributed by atoms with E-state index in [2.05, 4.69) is 15.4 Å². The summed E-state index contributed by atoms with van der Waals surface area (Å²) >= 11 is 1.41. The average Bonchev–Trinajstić information content (AvgIpc) is 3.31. The van der Waals surface area contributed by atoms with Crippen molar-refractivity contribution in [3.8, 4) is 0 Å². The average molecular weight is 414 g/mol. The van der Waals surface area contributed by atoms with Gasteiger partial charge in [0.1, 0.15) is 0 Å². The molecule has 0 bridgehead atoms. The molecule has 0 atom stereocenters. The first-order valence-electron chi connectivity index (χ1n) is 8.60. The molecule has 1 aliphatic heterocycles. The summed E-state index contributed by atoms with van der Waals surface area (Å²) in [5, 5.41) is 19.5. The number of carbonyl (C=O) groups is 3. The zero-order chi connectivity index (χ0) is 20.7. The lowest BCUT2D eigenvalue weighted by Gasteiger charge is -2.13. The van der Waals surface area contributed by atoms with Crippen molar-refractivity contribution in [2.24, 2.45) is 0 Å². The highest BCUT2D eigenvalue weighted by molar-refractivity contribution is 7.15. The van der Waals surface area contributed by atoms with Crippen LogP contribution >= 0.6 is 11.3 Å². The molecule has 11 nitrogen and oxygen atoms in total. The maximum Gasteiger partial charge on any atom is 0.270 e. The molecule has 0 radical (unpaired) electrons. The van der Waals surface area contributed by atoms with Gasteiger partial charge in [-0.1, -0.05) is 0 Å². The summed E-state index contributed by atoms with van der Waals surface area (Å²) in [5.41, 5.74) is 0.784. The number of non-ortho nitro benzene ring substituents is 1. The minimum Gasteiger partial charge on any atom is -0.293 e. The third kappa shape index (κ3) is 3.33. The van der Waals surface area contributed by atoms with E-state index < -0.39 is 16.7 Å². The van der Waals surface area contributed by atoms with Gasteiger partial charge in [-0.2, -0.15) is 4.98 Å². The van der Waals surface area contributed by atoms with Gasteiger partial charge in [0, 0.05) is 30.5 Å². The number of carbonyl (C=O) groups excluding carboxylic acids is 3. The van der Waals surface area contributed by atoms with E-state index in [4.69, 9.17) is 0 Å². The molecule has 0 spiro atoms. The van der Waals surface area contributed by atoms with Crippen molar-refractivity contribution in [2.75, 3.05) is 11.9 Å². The lowest BCUT2D eigenvalue weighted by atomic mass is 10.1. The third-order valence-electron chi connectivity index (χ3n) is 4.45. The minimum atomic E-state index is -0.624. The summed E-state index contributed by atoms with van der Waals surface area (Å²) in [5.74, 6) is -1.27. The van der Waals surface area contributed by atoms with Gasteiger partial charge in [-0.3, -0.25) is 34.7 Å². The summed E-state index contributed by atoms with van der Waals surface area (Å²) in [6.45, 7) is 1.90. The quantitative estimate of drug-likeness (QED) is 0.370. The Hall–Kier alpha value is -3.67. The Balaban J connectivity index is 1.35. The molecule has 2 aromatic heterocycles. The zero-order valence-corrected chi connectivity index (χ0v) is 15.9. The Bertz CT molecular complexity index is 1180. The number of nitrogens with zero attached hydrogens (tertiary/aromatic N) is 5. The van der Waals surface area contributed by atoms with Gasteiger partial charge in [0.25, 0.3) is 17.5 Å². The highest BCUT2D eigenvalue weighted by Crippen LogP contribution is 2.27. The van der Waals surface area contributed by atoms with E-state index in [1.807, 2.05) is 12.3 Å². The fourth-order valence-corrected chi connectivity index (χ4v) is 3.82. The number of rotatable bonds is 6. The molecule has 0 saturated heterocycles. The van der Waals surface area contributed by atoms with Crippen LogP contribution in [0.2, 0.25) is 0 Å². The second-order valence-corrected chi connectivity index (χ2v) is 7.24. The van der Waals surface area contributed by atoms with E-state index >= 15 is 0 Å². The van der Waals surface area contributed by atoms with Gasteiger partial charge in [0.15, 0.2) is 0 Å². The van der Waals surface area contributed by atoms with Crippen LogP contribution in [0.15, 0.2) is 23.6 Å². The number of nitrogens with one attached hydrogen (secondary N) is 1.